The number of nitrogens with one attached hydrogen (secondary N) is 1. The van der Waals surface area contributed by atoms with Gasteiger partial charge in [-0.05, 0) is 19.9 Å². The zero-order chi connectivity index (χ0) is 13.3. The van der Waals surface area contributed by atoms with Crippen LogP contribution in [0.25, 0.3) is 10.5 Å². The Morgan fingerprint density at radius 2 is 2.22 bits per heavy atom. The Morgan fingerprint density at radius 1 is 1.50 bits per heavy atom. The lowest BCUT2D eigenvalue weighted by Gasteiger charge is -2.24. The maximum absolute atomic E-state index is 9.11. The Hall–Kier alpha value is -2.46. The van der Waals surface area contributed by atoms with Gasteiger partial charge in [0, 0.05) is 22.8 Å². The van der Waals surface area contributed by atoms with Gasteiger partial charge in [0.05, 0.1) is 24.6 Å². The normalized spacial score (nSPS) is 19.3. The second-order valence-corrected chi connectivity index (χ2v) is 4.32. The standard InChI is InChI=1S/C14H13N3O/c1-8-5-11(7-18-8)14-13(16-4)9(2)12(6-15)10(3)17-14/h5,7,9,17H,1-3H3/t9-/m1/s1. The fourth-order valence-electron chi connectivity index (χ4n) is 2.12. The number of hydrogen-bond donors (Lipinski definition) is 1. The number of aryl methyl sites for hydroxylation is 1. The summed E-state index contributed by atoms with van der Waals surface area (Å²) in [5.41, 5.74) is 3.56. The lowest BCUT2D eigenvalue weighted by Crippen LogP contribution is -2.22. The molecule has 0 saturated heterocycles. The highest BCUT2D eigenvalue weighted by Gasteiger charge is 2.27. The van der Waals surface area contributed by atoms with Crippen molar-refractivity contribution in [2.45, 2.75) is 20.8 Å². The first-order valence-electron chi connectivity index (χ1n) is 5.63. The minimum absolute atomic E-state index is 0.182. The predicted octanol–water partition coefficient (Wildman–Crippen LogP) is 3.21. The van der Waals surface area contributed by atoms with Gasteiger partial charge in [-0.1, -0.05) is 6.92 Å². The zero-order valence-corrected chi connectivity index (χ0v) is 10.5. The molecule has 1 aliphatic heterocycles. The van der Waals surface area contributed by atoms with Crippen LogP contribution in [-0.4, -0.2) is 0 Å². The highest BCUT2D eigenvalue weighted by Crippen LogP contribution is 2.34. The van der Waals surface area contributed by atoms with Crippen molar-refractivity contribution in [1.82, 2.24) is 5.32 Å². The summed E-state index contributed by atoms with van der Waals surface area (Å²) in [4.78, 5) is 3.57. The third-order valence-electron chi connectivity index (χ3n) is 3.08. The summed E-state index contributed by atoms with van der Waals surface area (Å²) >= 11 is 0. The summed E-state index contributed by atoms with van der Waals surface area (Å²) < 4.78 is 5.28. The van der Waals surface area contributed by atoms with Crippen LogP contribution in [0.2, 0.25) is 0 Å². The second kappa shape index (κ2) is 4.43. The molecule has 0 radical (unpaired) electrons. The minimum atomic E-state index is -0.182. The molecule has 0 amide bonds. The van der Waals surface area contributed by atoms with Crippen molar-refractivity contribution in [3.05, 3.63) is 52.0 Å². The van der Waals surface area contributed by atoms with Gasteiger partial charge >= 0.3 is 0 Å². The molecule has 18 heavy (non-hydrogen) atoms. The Morgan fingerprint density at radius 3 is 2.72 bits per heavy atom. The Bertz CT molecular complexity index is 635. The van der Waals surface area contributed by atoms with Crippen LogP contribution < -0.4 is 5.32 Å². The number of nitrogens with zero attached hydrogens (tertiary/aromatic N) is 2. The smallest absolute Gasteiger partial charge is 0.196 e. The number of nitriles is 1. The van der Waals surface area contributed by atoms with E-state index in [2.05, 4.69) is 16.2 Å². The molecule has 0 fully saturated rings. The van der Waals surface area contributed by atoms with E-state index in [-0.39, 0.29) is 5.92 Å². The van der Waals surface area contributed by atoms with Gasteiger partial charge in [0.2, 0.25) is 0 Å². The van der Waals surface area contributed by atoms with Crippen LogP contribution >= 0.6 is 0 Å². The van der Waals surface area contributed by atoms with Crippen molar-refractivity contribution in [1.29, 1.82) is 5.26 Å². The molecule has 0 unspecified atom stereocenters. The largest absolute Gasteiger partial charge is 0.469 e. The fraction of sp³-hybridized carbons (Fsp3) is 0.286. The van der Waals surface area contributed by atoms with E-state index < -0.39 is 0 Å². The van der Waals surface area contributed by atoms with E-state index in [1.54, 1.807) is 6.26 Å². The molecule has 0 spiro atoms. The summed E-state index contributed by atoms with van der Waals surface area (Å²) in [6.45, 7) is 12.9. The van der Waals surface area contributed by atoms with E-state index in [1.807, 2.05) is 26.8 Å². The molecule has 90 valence electrons. The van der Waals surface area contributed by atoms with Gasteiger partial charge in [0.25, 0.3) is 0 Å². The number of rotatable bonds is 1. The van der Waals surface area contributed by atoms with Gasteiger partial charge in [0.1, 0.15) is 5.76 Å². The van der Waals surface area contributed by atoms with Crippen molar-refractivity contribution < 1.29 is 4.42 Å². The molecular weight excluding hydrogens is 226 g/mol. The molecule has 4 heteroatoms. The second-order valence-electron chi connectivity index (χ2n) is 4.32. The van der Waals surface area contributed by atoms with Crippen LogP contribution in [0.15, 0.2) is 33.7 Å². The first kappa shape index (κ1) is 12.0. The maximum atomic E-state index is 9.11. The molecule has 1 atom stereocenters. The first-order chi connectivity index (χ1) is 8.58. The Labute approximate surface area is 106 Å². The van der Waals surface area contributed by atoms with Gasteiger partial charge < -0.3 is 9.73 Å². The molecule has 0 aromatic carbocycles. The molecule has 2 heterocycles. The number of allylic oxidation sites excluding steroid dienone is 2. The van der Waals surface area contributed by atoms with E-state index >= 15 is 0 Å². The van der Waals surface area contributed by atoms with Crippen LogP contribution in [-0.2, 0) is 0 Å². The van der Waals surface area contributed by atoms with Gasteiger partial charge in [-0.25, -0.2) is 4.85 Å². The van der Waals surface area contributed by atoms with Crippen LogP contribution in [0, 0.1) is 30.7 Å². The SMILES string of the molecule is [C-]#[N+]C1=C(c2coc(C)c2)NC(C)=C(C#N)[C@H]1C. The van der Waals surface area contributed by atoms with Gasteiger partial charge in [-0.3, -0.25) is 0 Å². The molecule has 0 bridgehead atoms. The Balaban J connectivity index is 2.54. The maximum Gasteiger partial charge on any atom is 0.196 e. The highest BCUT2D eigenvalue weighted by molar-refractivity contribution is 5.73. The first-order valence-corrected chi connectivity index (χ1v) is 5.63. The van der Waals surface area contributed by atoms with Gasteiger partial charge in [0.15, 0.2) is 5.70 Å². The minimum Gasteiger partial charge on any atom is -0.469 e. The fourth-order valence-corrected chi connectivity index (χ4v) is 2.12. The van der Waals surface area contributed by atoms with E-state index in [0.29, 0.717) is 11.3 Å². The van der Waals surface area contributed by atoms with E-state index in [9.17, 15) is 0 Å². The predicted molar refractivity (Wildman–Crippen MR) is 67.6 cm³/mol. The zero-order valence-electron chi connectivity index (χ0n) is 10.5. The third kappa shape index (κ3) is 1.78. The number of hydrogen-bond acceptors (Lipinski definition) is 3. The van der Waals surface area contributed by atoms with Crippen molar-refractivity contribution in [3.63, 3.8) is 0 Å². The molecular formula is C14H13N3O. The summed E-state index contributed by atoms with van der Waals surface area (Å²) in [5.74, 6) is 0.614. The van der Waals surface area contributed by atoms with Crippen molar-refractivity contribution in [3.8, 4) is 6.07 Å². The lowest BCUT2D eigenvalue weighted by molar-refractivity contribution is 0.533. The molecule has 0 aliphatic carbocycles. The Kier molecular flexibility index (Phi) is 2.95. The summed E-state index contributed by atoms with van der Waals surface area (Å²) in [6.07, 6.45) is 1.63. The average molecular weight is 239 g/mol. The monoisotopic (exact) mass is 239 g/mol. The third-order valence-corrected chi connectivity index (χ3v) is 3.08. The summed E-state index contributed by atoms with van der Waals surface area (Å²) in [5, 5.41) is 12.3. The van der Waals surface area contributed by atoms with Crippen molar-refractivity contribution in [2.24, 2.45) is 5.92 Å². The topological polar surface area (TPSA) is 53.3 Å². The van der Waals surface area contributed by atoms with E-state index in [1.165, 1.54) is 0 Å². The molecule has 1 N–H and O–H groups in total. The van der Waals surface area contributed by atoms with Crippen LogP contribution in [0.4, 0.5) is 0 Å². The lowest BCUT2D eigenvalue weighted by atomic mass is 9.91. The van der Waals surface area contributed by atoms with Crippen LogP contribution in [0.5, 0.6) is 0 Å². The molecule has 2 rings (SSSR count). The molecule has 1 aliphatic rings. The van der Waals surface area contributed by atoms with E-state index in [0.717, 1.165) is 22.7 Å². The van der Waals surface area contributed by atoms with Crippen molar-refractivity contribution >= 4 is 5.70 Å². The number of furan rings is 1. The number of dihydropyridines is 1. The van der Waals surface area contributed by atoms with Crippen LogP contribution in [0.3, 0.4) is 0 Å². The average Bonchev–Trinajstić information content (AvgIpc) is 2.75. The highest BCUT2D eigenvalue weighted by atomic mass is 16.3. The molecule has 1 aromatic heterocycles. The van der Waals surface area contributed by atoms with Crippen LogP contribution in [0.1, 0.15) is 25.2 Å². The summed E-state index contributed by atoms with van der Waals surface area (Å²) in [6, 6.07) is 4.04. The van der Waals surface area contributed by atoms with E-state index in [4.69, 9.17) is 16.3 Å². The molecule has 4 nitrogen and oxygen atoms in total. The molecule has 0 saturated carbocycles. The van der Waals surface area contributed by atoms with Gasteiger partial charge in [-0.2, -0.15) is 5.26 Å². The quantitative estimate of drug-likeness (QED) is 0.765. The summed E-state index contributed by atoms with van der Waals surface area (Å²) in [7, 11) is 0. The van der Waals surface area contributed by atoms with Crippen molar-refractivity contribution in [2.75, 3.05) is 0 Å². The van der Waals surface area contributed by atoms with Gasteiger partial charge in [-0.15, -0.1) is 0 Å². The molecule has 1 aromatic rings.